The van der Waals surface area contributed by atoms with Gasteiger partial charge in [0.05, 0.1) is 33.3 Å². The van der Waals surface area contributed by atoms with Gasteiger partial charge < -0.3 is 24.3 Å². The standard InChI is InChI=1S/C34H40N2O8/c1-21(2)43-32(39)36(33(40)44-34(4,5)6)20-23-10-9-11-26(17-23)35-31(38)18-28(37)25-14-12-24(13-15-25)27-16-22(3)29(41-7)19-30(27)42-8/h9-17,19,21H,18,20H2,1-8H3,(H,35,38). The number of hydrogen-bond donors (Lipinski definition) is 1. The number of nitrogens with one attached hydrogen (secondary N) is 1. The number of nitrogens with zero attached hydrogens (tertiary/aromatic N) is 1. The second-order valence-corrected chi connectivity index (χ2v) is 11.4. The first kappa shape index (κ1) is 33.6. The Morgan fingerprint density at radius 3 is 2.11 bits per heavy atom. The van der Waals surface area contributed by atoms with Gasteiger partial charge in [-0.2, -0.15) is 0 Å². The third-order valence-corrected chi connectivity index (χ3v) is 6.28. The molecule has 234 valence electrons. The summed E-state index contributed by atoms with van der Waals surface area (Å²) < 4.78 is 21.5. The van der Waals surface area contributed by atoms with Crippen molar-refractivity contribution < 1.29 is 38.1 Å². The Bertz CT molecular complexity index is 1510. The van der Waals surface area contributed by atoms with Crippen LogP contribution in [0.5, 0.6) is 11.5 Å². The van der Waals surface area contributed by atoms with Gasteiger partial charge in [0.1, 0.15) is 17.1 Å². The van der Waals surface area contributed by atoms with Crippen LogP contribution < -0.4 is 14.8 Å². The van der Waals surface area contributed by atoms with Crippen molar-refractivity contribution in [2.24, 2.45) is 0 Å². The van der Waals surface area contributed by atoms with E-state index >= 15 is 0 Å². The SMILES string of the molecule is COc1cc(OC)c(-c2ccc(C(=O)CC(=O)Nc3cccc(CN(C(=O)OC(C)C)C(=O)OC(C)(C)C)c3)cc2)cc1C. The molecule has 0 aliphatic rings. The van der Waals surface area contributed by atoms with E-state index in [9.17, 15) is 19.2 Å². The smallest absolute Gasteiger partial charge is 0.420 e. The molecule has 0 aliphatic heterocycles. The van der Waals surface area contributed by atoms with Crippen molar-refractivity contribution in [1.82, 2.24) is 4.90 Å². The molecule has 3 amide bonds. The van der Waals surface area contributed by atoms with Crippen LogP contribution in [0, 0.1) is 6.92 Å². The number of carbonyl (C=O) groups excluding carboxylic acids is 4. The number of benzene rings is 3. The van der Waals surface area contributed by atoms with Crippen molar-refractivity contribution in [2.75, 3.05) is 19.5 Å². The zero-order valence-corrected chi connectivity index (χ0v) is 26.5. The second-order valence-electron chi connectivity index (χ2n) is 11.4. The van der Waals surface area contributed by atoms with Gasteiger partial charge >= 0.3 is 12.2 Å². The molecule has 0 fully saturated rings. The normalized spacial score (nSPS) is 11.0. The fourth-order valence-electron chi connectivity index (χ4n) is 4.29. The van der Waals surface area contributed by atoms with E-state index < -0.39 is 29.8 Å². The highest BCUT2D eigenvalue weighted by atomic mass is 16.6. The van der Waals surface area contributed by atoms with Crippen LogP contribution in [0.15, 0.2) is 60.7 Å². The van der Waals surface area contributed by atoms with Crippen LogP contribution in [0.2, 0.25) is 0 Å². The first-order valence-electron chi connectivity index (χ1n) is 14.2. The molecule has 0 saturated carbocycles. The molecule has 3 rings (SSSR count). The van der Waals surface area contributed by atoms with E-state index in [2.05, 4.69) is 5.32 Å². The number of methoxy groups -OCH3 is 2. The largest absolute Gasteiger partial charge is 0.496 e. The van der Waals surface area contributed by atoms with E-state index in [0.29, 0.717) is 28.3 Å². The highest BCUT2D eigenvalue weighted by Gasteiger charge is 2.29. The Morgan fingerprint density at radius 1 is 0.864 bits per heavy atom. The molecule has 3 aromatic carbocycles. The predicted octanol–water partition coefficient (Wildman–Crippen LogP) is 7.17. The van der Waals surface area contributed by atoms with Crippen LogP contribution in [-0.4, -0.2) is 54.7 Å². The Morgan fingerprint density at radius 2 is 1.52 bits per heavy atom. The molecule has 3 aromatic rings. The van der Waals surface area contributed by atoms with E-state index in [1.54, 1.807) is 97.4 Å². The number of ketones is 1. The Kier molecular flexibility index (Phi) is 11.1. The van der Waals surface area contributed by atoms with Crippen molar-refractivity contribution in [3.63, 3.8) is 0 Å². The molecule has 10 nitrogen and oxygen atoms in total. The first-order valence-corrected chi connectivity index (χ1v) is 14.2. The van der Waals surface area contributed by atoms with Gasteiger partial charge in [-0.25, -0.2) is 14.5 Å². The number of carbonyl (C=O) groups is 4. The molecule has 0 aliphatic carbocycles. The van der Waals surface area contributed by atoms with Crippen molar-refractivity contribution >= 4 is 29.6 Å². The maximum Gasteiger partial charge on any atom is 0.420 e. The molecule has 0 aromatic heterocycles. The zero-order chi connectivity index (χ0) is 32.6. The number of Topliss-reactive ketones (excluding diaryl/α,β-unsaturated/α-hetero) is 1. The van der Waals surface area contributed by atoms with Gasteiger partial charge in [0.25, 0.3) is 0 Å². The van der Waals surface area contributed by atoms with E-state index in [1.807, 2.05) is 19.1 Å². The van der Waals surface area contributed by atoms with Gasteiger partial charge in [0, 0.05) is 22.9 Å². The van der Waals surface area contributed by atoms with Gasteiger partial charge in [-0.05, 0) is 76.4 Å². The predicted molar refractivity (Wildman–Crippen MR) is 167 cm³/mol. The molecule has 0 bridgehead atoms. The number of hydrogen-bond acceptors (Lipinski definition) is 8. The van der Waals surface area contributed by atoms with Crippen molar-refractivity contribution in [2.45, 2.75) is 66.2 Å². The molecule has 0 saturated heterocycles. The van der Waals surface area contributed by atoms with Crippen LogP contribution in [0.1, 0.15) is 62.5 Å². The zero-order valence-electron chi connectivity index (χ0n) is 26.5. The molecule has 0 heterocycles. The average Bonchev–Trinajstić information content (AvgIpc) is 2.94. The second kappa shape index (κ2) is 14.5. The summed E-state index contributed by atoms with van der Waals surface area (Å²) in [6.45, 7) is 10.2. The summed E-state index contributed by atoms with van der Waals surface area (Å²) in [5.41, 5.74) is 3.15. The molecule has 10 heteroatoms. The van der Waals surface area contributed by atoms with Crippen LogP contribution in [0.3, 0.4) is 0 Å². The summed E-state index contributed by atoms with van der Waals surface area (Å²) in [5, 5.41) is 2.72. The Hall–Kier alpha value is -4.86. The summed E-state index contributed by atoms with van der Waals surface area (Å²) in [4.78, 5) is 52.0. The minimum absolute atomic E-state index is 0.145. The lowest BCUT2D eigenvalue weighted by molar-refractivity contribution is -0.115. The van der Waals surface area contributed by atoms with Crippen molar-refractivity contribution in [3.05, 3.63) is 77.4 Å². The number of anilines is 1. The minimum atomic E-state index is -0.852. The molecule has 0 spiro atoms. The summed E-state index contributed by atoms with van der Waals surface area (Å²) in [5.74, 6) is 0.490. The third-order valence-electron chi connectivity index (χ3n) is 6.28. The van der Waals surface area contributed by atoms with E-state index in [1.165, 1.54) is 0 Å². The highest BCUT2D eigenvalue weighted by Crippen LogP contribution is 2.36. The van der Waals surface area contributed by atoms with Crippen LogP contribution in [0.4, 0.5) is 15.3 Å². The number of imide groups is 1. The summed E-state index contributed by atoms with van der Waals surface area (Å²) in [6.07, 6.45) is -2.52. The topological polar surface area (TPSA) is 120 Å². The van der Waals surface area contributed by atoms with Crippen molar-refractivity contribution in [3.8, 4) is 22.6 Å². The molecule has 0 unspecified atom stereocenters. The van der Waals surface area contributed by atoms with E-state index in [4.69, 9.17) is 18.9 Å². The monoisotopic (exact) mass is 604 g/mol. The Labute approximate surface area is 258 Å². The van der Waals surface area contributed by atoms with Crippen LogP contribution in [0.25, 0.3) is 11.1 Å². The fourth-order valence-corrected chi connectivity index (χ4v) is 4.29. The highest BCUT2D eigenvalue weighted by molar-refractivity contribution is 6.11. The lowest BCUT2D eigenvalue weighted by Gasteiger charge is -2.26. The maximum absolute atomic E-state index is 12.9. The number of ether oxygens (including phenoxy) is 4. The lowest BCUT2D eigenvalue weighted by atomic mass is 9.99. The summed E-state index contributed by atoms with van der Waals surface area (Å²) in [7, 11) is 3.18. The van der Waals surface area contributed by atoms with Gasteiger partial charge in [0.15, 0.2) is 5.78 Å². The quantitative estimate of drug-likeness (QED) is 0.191. The van der Waals surface area contributed by atoms with Gasteiger partial charge in [-0.1, -0.05) is 36.4 Å². The van der Waals surface area contributed by atoms with Crippen LogP contribution >= 0.6 is 0 Å². The summed E-state index contributed by atoms with van der Waals surface area (Å²) in [6, 6.07) is 17.3. The molecular weight excluding hydrogens is 564 g/mol. The molecule has 1 N–H and O–H groups in total. The van der Waals surface area contributed by atoms with Crippen molar-refractivity contribution in [1.29, 1.82) is 0 Å². The summed E-state index contributed by atoms with van der Waals surface area (Å²) >= 11 is 0. The fraction of sp³-hybridized carbons (Fsp3) is 0.353. The van der Waals surface area contributed by atoms with Gasteiger partial charge in [-0.3, -0.25) is 9.59 Å². The molecule has 0 radical (unpaired) electrons. The maximum atomic E-state index is 12.9. The lowest BCUT2D eigenvalue weighted by Crippen LogP contribution is -2.41. The minimum Gasteiger partial charge on any atom is -0.496 e. The molecule has 0 atom stereocenters. The molecule has 44 heavy (non-hydrogen) atoms. The molecular formula is C34H40N2O8. The van der Waals surface area contributed by atoms with Crippen LogP contribution in [-0.2, 0) is 20.8 Å². The van der Waals surface area contributed by atoms with E-state index in [0.717, 1.165) is 21.6 Å². The number of rotatable bonds is 10. The first-order chi connectivity index (χ1) is 20.7. The number of amides is 3. The van der Waals surface area contributed by atoms with Gasteiger partial charge in [0.2, 0.25) is 5.91 Å². The van der Waals surface area contributed by atoms with Gasteiger partial charge in [-0.15, -0.1) is 0 Å². The third kappa shape index (κ3) is 9.32. The Balaban J connectivity index is 1.69. The average molecular weight is 605 g/mol. The van der Waals surface area contributed by atoms with E-state index in [-0.39, 0.29) is 18.7 Å². The number of aryl methyl sites for hydroxylation is 1.